The van der Waals surface area contributed by atoms with Crippen LogP contribution in [0.5, 0.6) is 0 Å². The van der Waals surface area contributed by atoms with E-state index in [0.717, 1.165) is 16.7 Å². The number of rotatable bonds is 3. The number of nitrogens with zero attached hydrogens (tertiary/aromatic N) is 3. The Balaban J connectivity index is 1.84. The molecule has 0 bridgehead atoms. The van der Waals surface area contributed by atoms with Crippen LogP contribution in [0, 0.1) is 11.5 Å². The molecule has 2 amide bonds. The lowest BCUT2D eigenvalue weighted by Gasteiger charge is -2.15. The quantitative estimate of drug-likeness (QED) is 0.266. The summed E-state index contributed by atoms with van der Waals surface area (Å²) in [4.78, 5) is 30.5. The van der Waals surface area contributed by atoms with E-state index in [1.54, 1.807) is 54.7 Å². The number of thioether (sulfide) groups is 1. The van der Waals surface area contributed by atoms with E-state index in [-0.39, 0.29) is 23.4 Å². The largest absolute Gasteiger partial charge is 0.274 e. The summed E-state index contributed by atoms with van der Waals surface area (Å²) in [6.45, 7) is 0. The third-order valence-electron chi connectivity index (χ3n) is 3.66. The number of hydrogen-bond donors (Lipinski definition) is 1. The van der Waals surface area contributed by atoms with Gasteiger partial charge in [0.25, 0.3) is 0 Å². The van der Waals surface area contributed by atoms with Gasteiger partial charge in [-0.1, -0.05) is 53.2 Å². The molecule has 27 heavy (non-hydrogen) atoms. The van der Waals surface area contributed by atoms with Crippen LogP contribution in [0.15, 0.2) is 53.5 Å². The smallest absolute Gasteiger partial charge is 0.247 e. The summed E-state index contributed by atoms with van der Waals surface area (Å²) in [7, 11) is 0. The number of imide groups is 1. The Bertz CT molecular complexity index is 974. The molecule has 2 aromatic carbocycles. The van der Waals surface area contributed by atoms with Gasteiger partial charge in [0, 0.05) is 11.4 Å². The first-order chi connectivity index (χ1) is 13.0. The molecule has 136 valence electrons. The summed E-state index contributed by atoms with van der Waals surface area (Å²) < 4.78 is 0. The lowest BCUT2D eigenvalue weighted by molar-refractivity contribution is -0.121. The van der Waals surface area contributed by atoms with E-state index in [1.807, 2.05) is 0 Å². The van der Waals surface area contributed by atoms with E-state index < -0.39 is 5.25 Å². The number of nitriles is 1. The normalized spacial score (nSPS) is 17.1. The molecule has 2 aromatic rings. The number of carbonyl (C=O) groups excluding carboxylic acids is 2. The van der Waals surface area contributed by atoms with E-state index in [1.165, 1.54) is 0 Å². The number of nitrogens with one attached hydrogen (secondary N) is 1. The molecule has 6 nitrogen and oxygen atoms in total. The molecule has 3 rings (SSSR count). The highest BCUT2D eigenvalue weighted by atomic mass is 35.5. The number of para-hydroxylation sites is 1. The van der Waals surface area contributed by atoms with Crippen molar-refractivity contribution in [2.45, 2.75) is 11.7 Å². The maximum Gasteiger partial charge on any atom is 0.247 e. The average Bonchev–Trinajstić information content (AvgIpc) is 2.90. The van der Waals surface area contributed by atoms with Crippen molar-refractivity contribution in [3.63, 3.8) is 0 Å². The Labute approximate surface area is 169 Å². The minimum absolute atomic E-state index is 0.00926. The van der Waals surface area contributed by atoms with Crippen molar-refractivity contribution in [1.82, 2.24) is 5.32 Å². The second kappa shape index (κ2) is 8.44. The van der Waals surface area contributed by atoms with Crippen LogP contribution in [0.1, 0.15) is 6.42 Å². The summed E-state index contributed by atoms with van der Waals surface area (Å²) >= 11 is 13.0. The van der Waals surface area contributed by atoms with Crippen LogP contribution in [0.4, 0.5) is 11.4 Å². The second-order valence-corrected chi connectivity index (χ2v) is 7.50. The lowest BCUT2D eigenvalue weighted by Crippen LogP contribution is -2.32. The monoisotopic (exact) mass is 418 g/mol. The van der Waals surface area contributed by atoms with Crippen LogP contribution in [0.2, 0.25) is 10.0 Å². The fourth-order valence-corrected chi connectivity index (χ4v) is 3.82. The molecule has 0 aromatic heterocycles. The van der Waals surface area contributed by atoms with Crippen LogP contribution >= 0.6 is 35.0 Å². The summed E-state index contributed by atoms with van der Waals surface area (Å²) in [6.07, 6.45) is 1.78. The van der Waals surface area contributed by atoms with E-state index >= 15 is 0 Å². The van der Waals surface area contributed by atoms with Crippen LogP contribution < -0.4 is 10.2 Å². The average molecular weight is 419 g/mol. The number of anilines is 1. The zero-order valence-corrected chi connectivity index (χ0v) is 16.1. The fourth-order valence-electron chi connectivity index (χ4n) is 2.50. The maximum atomic E-state index is 12.7. The van der Waals surface area contributed by atoms with Gasteiger partial charge in [-0.2, -0.15) is 5.26 Å². The molecule has 1 aliphatic heterocycles. The molecule has 1 fully saturated rings. The molecule has 1 saturated heterocycles. The second-order valence-electron chi connectivity index (χ2n) is 5.46. The third-order valence-corrected chi connectivity index (χ3v) is 5.29. The molecule has 1 N–H and O–H groups in total. The summed E-state index contributed by atoms with van der Waals surface area (Å²) in [6, 6.07) is 13.4. The zero-order chi connectivity index (χ0) is 19.4. The Morgan fingerprint density at radius 2 is 2.00 bits per heavy atom. The number of benzene rings is 2. The highest BCUT2D eigenvalue weighted by Crippen LogP contribution is 2.32. The zero-order valence-electron chi connectivity index (χ0n) is 13.7. The third kappa shape index (κ3) is 4.42. The number of aliphatic imine (C=N–C) groups is 1. The summed E-state index contributed by atoms with van der Waals surface area (Å²) in [5.41, 5.74) is 0.867. The van der Waals surface area contributed by atoms with E-state index in [9.17, 15) is 9.59 Å². The van der Waals surface area contributed by atoms with Gasteiger partial charge in [0.05, 0.1) is 16.4 Å². The molecule has 0 spiro atoms. The first kappa shape index (κ1) is 19.2. The van der Waals surface area contributed by atoms with Gasteiger partial charge in [0.15, 0.2) is 11.4 Å². The van der Waals surface area contributed by atoms with Crippen molar-refractivity contribution >= 4 is 63.3 Å². The molecular formula is C18H12Cl2N4O2S. The predicted molar refractivity (Wildman–Crippen MR) is 107 cm³/mol. The van der Waals surface area contributed by atoms with Gasteiger partial charge in [-0.15, -0.1) is 0 Å². The van der Waals surface area contributed by atoms with Gasteiger partial charge >= 0.3 is 0 Å². The van der Waals surface area contributed by atoms with E-state index in [0.29, 0.717) is 21.4 Å². The Hall–Kier alpha value is -2.53. The standard InChI is InChI=1S/C18H12Cl2N4O2S/c19-11-4-3-5-12(8-11)24-16(25)9-15(17(24)26)27-18(22-10-21)23-14-7-2-1-6-13(14)20/h1-8,15H,9H2,(H,22,23)/t15-/m1/s1. The van der Waals surface area contributed by atoms with Crippen molar-refractivity contribution in [1.29, 1.82) is 5.26 Å². The minimum Gasteiger partial charge on any atom is -0.274 e. The van der Waals surface area contributed by atoms with Gasteiger partial charge in [0.2, 0.25) is 11.8 Å². The van der Waals surface area contributed by atoms with E-state index in [4.69, 9.17) is 28.5 Å². The highest BCUT2D eigenvalue weighted by Gasteiger charge is 2.40. The Morgan fingerprint density at radius 3 is 2.70 bits per heavy atom. The highest BCUT2D eigenvalue weighted by molar-refractivity contribution is 8.15. The van der Waals surface area contributed by atoms with Crippen molar-refractivity contribution in [2.24, 2.45) is 4.99 Å². The molecule has 1 aliphatic rings. The Kier molecular flexibility index (Phi) is 6.01. The van der Waals surface area contributed by atoms with Gasteiger partial charge in [-0.3, -0.25) is 14.9 Å². The van der Waals surface area contributed by atoms with Gasteiger partial charge in [-0.25, -0.2) is 9.89 Å². The van der Waals surface area contributed by atoms with E-state index in [2.05, 4.69) is 10.3 Å². The first-order valence-corrected chi connectivity index (χ1v) is 9.40. The van der Waals surface area contributed by atoms with Gasteiger partial charge in [-0.05, 0) is 30.3 Å². The molecule has 0 unspecified atom stereocenters. The number of hydrogen-bond acceptors (Lipinski definition) is 5. The number of amides is 2. The molecular weight excluding hydrogens is 407 g/mol. The number of halogens is 2. The first-order valence-electron chi connectivity index (χ1n) is 7.77. The predicted octanol–water partition coefficient (Wildman–Crippen LogP) is 4.12. The van der Waals surface area contributed by atoms with Crippen molar-refractivity contribution in [2.75, 3.05) is 4.90 Å². The SMILES string of the molecule is N#CNC(=Nc1ccccc1Cl)S[C@@H]1CC(=O)N(c2cccc(Cl)c2)C1=O. The van der Waals surface area contributed by atoms with Gasteiger partial charge < -0.3 is 0 Å². The molecule has 0 saturated carbocycles. The van der Waals surface area contributed by atoms with Crippen LogP contribution in [-0.4, -0.2) is 22.2 Å². The maximum absolute atomic E-state index is 12.7. The molecule has 0 aliphatic carbocycles. The molecule has 1 heterocycles. The number of amidine groups is 1. The summed E-state index contributed by atoms with van der Waals surface area (Å²) in [5, 5.41) is 11.7. The van der Waals surface area contributed by atoms with Crippen LogP contribution in [-0.2, 0) is 9.59 Å². The lowest BCUT2D eigenvalue weighted by atomic mass is 10.3. The fraction of sp³-hybridized carbons (Fsp3) is 0.111. The number of carbonyl (C=O) groups is 2. The van der Waals surface area contributed by atoms with Crippen molar-refractivity contribution < 1.29 is 9.59 Å². The summed E-state index contributed by atoms with van der Waals surface area (Å²) in [5.74, 6) is -0.729. The molecule has 9 heteroatoms. The van der Waals surface area contributed by atoms with Crippen molar-refractivity contribution in [3.8, 4) is 6.19 Å². The minimum atomic E-state index is -0.710. The Morgan fingerprint density at radius 1 is 1.22 bits per heavy atom. The van der Waals surface area contributed by atoms with Gasteiger partial charge in [0.1, 0.15) is 5.25 Å². The molecule has 1 atom stereocenters. The molecule has 0 radical (unpaired) electrons. The van der Waals surface area contributed by atoms with Crippen molar-refractivity contribution in [3.05, 3.63) is 58.6 Å². The topological polar surface area (TPSA) is 85.6 Å². The van der Waals surface area contributed by atoms with Crippen LogP contribution in [0.3, 0.4) is 0 Å². The van der Waals surface area contributed by atoms with Crippen LogP contribution in [0.25, 0.3) is 0 Å².